The average molecular weight is 514 g/mol. The van der Waals surface area contributed by atoms with Crippen molar-refractivity contribution >= 4 is 39.4 Å². The summed E-state index contributed by atoms with van der Waals surface area (Å²) >= 11 is 6.25. The van der Waals surface area contributed by atoms with Crippen LogP contribution in [0.25, 0.3) is 0 Å². The first kappa shape index (κ1) is 26.2. The molecule has 0 aromatic heterocycles. The molecule has 0 fully saturated rings. The summed E-state index contributed by atoms with van der Waals surface area (Å²) in [7, 11) is -4.05. The van der Waals surface area contributed by atoms with Gasteiger partial charge >= 0.3 is 0 Å². The highest BCUT2D eigenvalue weighted by Gasteiger charge is 2.28. The molecular formula is C26H28ClN3O4S. The van der Waals surface area contributed by atoms with Crippen LogP contribution in [0.15, 0.2) is 76.7 Å². The Balaban J connectivity index is 1.81. The third-order valence-corrected chi connectivity index (χ3v) is 7.24. The van der Waals surface area contributed by atoms with E-state index < -0.39 is 22.5 Å². The van der Waals surface area contributed by atoms with E-state index in [9.17, 15) is 13.2 Å². The molecule has 3 aromatic rings. The molecule has 0 aliphatic rings. The van der Waals surface area contributed by atoms with Gasteiger partial charge in [-0.2, -0.15) is 5.10 Å². The zero-order valence-corrected chi connectivity index (χ0v) is 21.6. The van der Waals surface area contributed by atoms with Crippen LogP contribution < -0.4 is 14.5 Å². The number of sulfonamides is 1. The summed E-state index contributed by atoms with van der Waals surface area (Å²) in [5.41, 5.74) is 4.94. The minimum Gasteiger partial charge on any atom is -0.491 e. The maximum atomic E-state index is 13.5. The van der Waals surface area contributed by atoms with Crippen molar-refractivity contribution in [2.24, 2.45) is 5.10 Å². The van der Waals surface area contributed by atoms with Crippen molar-refractivity contribution < 1.29 is 17.9 Å². The van der Waals surface area contributed by atoms with Crippen LogP contribution in [0.2, 0.25) is 5.02 Å². The summed E-state index contributed by atoms with van der Waals surface area (Å²) in [6.07, 6.45) is 1.54. The monoisotopic (exact) mass is 513 g/mol. The molecule has 0 aliphatic carbocycles. The number of nitrogens with one attached hydrogen (secondary N) is 1. The van der Waals surface area contributed by atoms with Crippen LogP contribution in [0, 0.1) is 13.8 Å². The van der Waals surface area contributed by atoms with Gasteiger partial charge < -0.3 is 4.74 Å². The van der Waals surface area contributed by atoms with Gasteiger partial charge in [0.15, 0.2) is 0 Å². The molecule has 1 amide bonds. The van der Waals surface area contributed by atoms with Crippen molar-refractivity contribution in [2.75, 3.05) is 10.8 Å². The highest BCUT2D eigenvalue weighted by molar-refractivity contribution is 7.92. The standard InChI is InChI=1S/C26H28ClN3O4S/c1-18(2)34-22-12-10-21(11-13-22)16-28-29-26(31)17-30(25-7-5-6-24(27)20(25)4)35(32,33)23-14-8-19(3)9-15-23/h5-16,18H,17H2,1-4H3,(H,29,31)/b28-16-. The van der Waals surface area contributed by atoms with Gasteiger partial charge in [0.25, 0.3) is 15.9 Å². The zero-order chi connectivity index (χ0) is 25.6. The first-order valence-corrected chi connectivity index (χ1v) is 12.8. The fraction of sp³-hybridized carbons (Fsp3) is 0.231. The number of hydrogen-bond donors (Lipinski definition) is 1. The first-order valence-electron chi connectivity index (χ1n) is 11.0. The lowest BCUT2D eigenvalue weighted by Gasteiger charge is -2.25. The molecule has 0 saturated heterocycles. The van der Waals surface area contributed by atoms with Crippen molar-refractivity contribution in [3.63, 3.8) is 0 Å². The number of benzene rings is 3. The predicted octanol–water partition coefficient (Wildman–Crippen LogP) is 5.09. The molecule has 0 spiro atoms. The third kappa shape index (κ3) is 6.83. The summed E-state index contributed by atoms with van der Waals surface area (Å²) in [5.74, 6) is 0.131. The van der Waals surface area contributed by atoms with E-state index in [4.69, 9.17) is 16.3 Å². The van der Waals surface area contributed by atoms with Gasteiger partial charge in [0.05, 0.1) is 22.9 Å². The number of carbonyl (C=O) groups is 1. The lowest BCUT2D eigenvalue weighted by Crippen LogP contribution is -2.40. The largest absolute Gasteiger partial charge is 0.491 e. The molecule has 1 N–H and O–H groups in total. The number of amides is 1. The van der Waals surface area contributed by atoms with Crippen molar-refractivity contribution in [3.8, 4) is 5.75 Å². The van der Waals surface area contributed by atoms with Gasteiger partial charge in [0, 0.05) is 5.02 Å². The maximum Gasteiger partial charge on any atom is 0.264 e. The molecule has 0 heterocycles. The Labute approximate surface area is 211 Å². The second-order valence-electron chi connectivity index (χ2n) is 8.24. The van der Waals surface area contributed by atoms with E-state index in [1.807, 2.05) is 20.8 Å². The Morgan fingerprint density at radius 3 is 2.34 bits per heavy atom. The molecule has 3 aromatic carbocycles. The summed E-state index contributed by atoms with van der Waals surface area (Å²) < 4.78 is 33.6. The number of hydrazone groups is 1. The maximum absolute atomic E-state index is 13.5. The van der Waals surface area contributed by atoms with E-state index >= 15 is 0 Å². The zero-order valence-electron chi connectivity index (χ0n) is 20.0. The molecule has 0 aliphatic heterocycles. The van der Waals surface area contributed by atoms with Gasteiger partial charge in [-0.15, -0.1) is 0 Å². The quantitative estimate of drug-likeness (QED) is 0.319. The Bertz CT molecular complexity index is 1310. The Morgan fingerprint density at radius 2 is 1.71 bits per heavy atom. The van der Waals surface area contributed by atoms with Crippen LogP contribution in [0.5, 0.6) is 5.75 Å². The molecule has 3 rings (SSSR count). The van der Waals surface area contributed by atoms with E-state index in [1.54, 1.807) is 61.5 Å². The molecular weight excluding hydrogens is 486 g/mol. The van der Waals surface area contributed by atoms with Gasteiger partial charge in [0.1, 0.15) is 12.3 Å². The fourth-order valence-corrected chi connectivity index (χ4v) is 4.90. The van der Waals surface area contributed by atoms with E-state index in [-0.39, 0.29) is 11.0 Å². The first-order chi connectivity index (χ1) is 16.6. The second-order valence-corrected chi connectivity index (χ2v) is 10.5. The highest BCUT2D eigenvalue weighted by atomic mass is 35.5. The number of ether oxygens (including phenoxy) is 1. The van der Waals surface area contributed by atoms with E-state index in [0.717, 1.165) is 21.2 Å². The molecule has 7 nitrogen and oxygen atoms in total. The third-order valence-electron chi connectivity index (χ3n) is 5.06. The number of anilines is 1. The fourth-order valence-electron chi connectivity index (χ4n) is 3.25. The lowest BCUT2D eigenvalue weighted by molar-refractivity contribution is -0.119. The van der Waals surface area contributed by atoms with Crippen LogP contribution in [-0.2, 0) is 14.8 Å². The number of hydrogen-bond acceptors (Lipinski definition) is 5. The average Bonchev–Trinajstić information content (AvgIpc) is 2.80. The Morgan fingerprint density at radius 1 is 1.06 bits per heavy atom. The van der Waals surface area contributed by atoms with Crippen molar-refractivity contribution in [1.82, 2.24) is 5.43 Å². The van der Waals surface area contributed by atoms with Crippen LogP contribution in [0.1, 0.15) is 30.5 Å². The number of carbonyl (C=O) groups excluding carboxylic acids is 1. The van der Waals surface area contributed by atoms with E-state index in [0.29, 0.717) is 16.3 Å². The van der Waals surface area contributed by atoms with E-state index in [2.05, 4.69) is 10.5 Å². The molecule has 0 bridgehead atoms. The van der Waals surface area contributed by atoms with Crippen LogP contribution in [0.4, 0.5) is 5.69 Å². The van der Waals surface area contributed by atoms with Gasteiger partial charge in [-0.25, -0.2) is 13.8 Å². The van der Waals surface area contributed by atoms with Crippen LogP contribution in [-0.4, -0.2) is 33.2 Å². The summed E-state index contributed by atoms with van der Waals surface area (Å²) in [6.45, 7) is 6.98. The minimum atomic E-state index is -4.05. The minimum absolute atomic E-state index is 0.0658. The Hall–Kier alpha value is -3.36. The molecule has 9 heteroatoms. The molecule has 184 valence electrons. The molecule has 0 atom stereocenters. The van der Waals surface area contributed by atoms with Gasteiger partial charge in [-0.05, 0) is 87.4 Å². The number of nitrogens with zero attached hydrogens (tertiary/aromatic N) is 2. The molecule has 0 radical (unpaired) electrons. The summed E-state index contributed by atoms with van der Waals surface area (Å²) in [6, 6.07) is 18.6. The SMILES string of the molecule is Cc1ccc(S(=O)(=O)N(CC(=O)N/N=C\c2ccc(OC(C)C)cc2)c2cccc(Cl)c2C)cc1. The number of halogens is 1. The van der Waals surface area contributed by atoms with Gasteiger partial charge in [0.2, 0.25) is 0 Å². The number of rotatable bonds is 9. The normalized spacial score (nSPS) is 11.6. The summed E-state index contributed by atoms with van der Waals surface area (Å²) in [4.78, 5) is 12.8. The summed E-state index contributed by atoms with van der Waals surface area (Å²) in [5, 5.41) is 4.37. The van der Waals surface area contributed by atoms with Crippen molar-refractivity contribution in [2.45, 2.75) is 38.7 Å². The predicted molar refractivity (Wildman–Crippen MR) is 140 cm³/mol. The number of aryl methyl sites for hydroxylation is 1. The van der Waals surface area contributed by atoms with Gasteiger partial charge in [-0.1, -0.05) is 35.4 Å². The highest BCUT2D eigenvalue weighted by Crippen LogP contribution is 2.30. The molecule has 0 saturated carbocycles. The van der Waals surface area contributed by atoms with E-state index in [1.165, 1.54) is 18.3 Å². The molecule has 0 unspecified atom stereocenters. The topological polar surface area (TPSA) is 88.1 Å². The van der Waals surface area contributed by atoms with Crippen LogP contribution in [0.3, 0.4) is 0 Å². The van der Waals surface area contributed by atoms with Crippen molar-refractivity contribution in [3.05, 3.63) is 88.4 Å². The Kier molecular flexibility index (Phi) is 8.53. The second kappa shape index (κ2) is 11.4. The lowest BCUT2D eigenvalue weighted by atomic mass is 10.2. The molecule has 35 heavy (non-hydrogen) atoms. The van der Waals surface area contributed by atoms with Gasteiger partial charge in [-0.3, -0.25) is 9.10 Å². The van der Waals surface area contributed by atoms with Crippen molar-refractivity contribution in [1.29, 1.82) is 0 Å². The van der Waals surface area contributed by atoms with Crippen LogP contribution >= 0.6 is 11.6 Å². The smallest absolute Gasteiger partial charge is 0.264 e.